The number of carbonyl (C=O) groups excluding carboxylic acids is 1. The third-order valence-corrected chi connectivity index (χ3v) is 7.23. The summed E-state index contributed by atoms with van der Waals surface area (Å²) in [5.74, 6) is 1.42. The molecule has 3 aliphatic carbocycles. The van der Waals surface area contributed by atoms with Crippen LogP contribution in [0.15, 0.2) is 35.5 Å². The van der Waals surface area contributed by atoms with Crippen LogP contribution in [0, 0.1) is 17.3 Å². The Bertz CT molecular complexity index is 669. The molecule has 1 saturated carbocycles. The lowest BCUT2D eigenvalue weighted by molar-refractivity contribution is -0.144. The molecule has 0 N–H and O–H groups in total. The Labute approximate surface area is 132 Å². The molecule has 5 rings (SSSR count). The maximum absolute atomic E-state index is 12.5. The molecule has 0 aromatic heterocycles. The van der Waals surface area contributed by atoms with Crippen LogP contribution >= 0.6 is 0 Å². The summed E-state index contributed by atoms with van der Waals surface area (Å²) in [5, 5.41) is 0. The van der Waals surface area contributed by atoms with Gasteiger partial charge >= 0.3 is 0 Å². The molecule has 5 unspecified atom stereocenters. The molecule has 0 amide bonds. The van der Waals surface area contributed by atoms with Crippen molar-refractivity contribution in [1.82, 2.24) is 0 Å². The molecule has 2 nitrogen and oxygen atoms in total. The van der Waals surface area contributed by atoms with Crippen molar-refractivity contribution in [3.8, 4) is 0 Å². The Kier molecular flexibility index (Phi) is 2.32. The van der Waals surface area contributed by atoms with Gasteiger partial charge in [0, 0.05) is 17.8 Å². The van der Waals surface area contributed by atoms with E-state index in [1.165, 1.54) is 11.1 Å². The predicted octanol–water partition coefficient (Wildman–Crippen LogP) is 4.13. The maximum Gasteiger partial charge on any atom is 0.139 e. The summed E-state index contributed by atoms with van der Waals surface area (Å²) < 4.78 is 6.94. The minimum absolute atomic E-state index is 0.0740. The van der Waals surface area contributed by atoms with Crippen molar-refractivity contribution in [2.45, 2.75) is 63.6 Å². The van der Waals surface area contributed by atoms with Crippen LogP contribution in [0.1, 0.15) is 52.4 Å². The van der Waals surface area contributed by atoms with Crippen LogP contribution in [-0.4, -0.2) is 17.0 Å². The van der Waals surface area contributed by atoms with E-state index in [9.17, 15) is 4.79 Å². The zero-order chi connectivity index (χ0) is 15.2. The highest BCUT2D eigenvalue weighted by Crippen LogP contribution is 2.65. The average Bonchev–Trinajstić information content (AvgIpc) is 2.95. The van der Waals surface area contributed by atoms with Crippen molar-refractivity contribution in [1.29, 1.82) is 0 Å². The first-order valence-electron chi connectivity index (χ1n) is 8.83. The van der Waals surface area contributed by atoms with Gasteiger partial charge < -0.3 is 4.74 Å². The predicted molar refractivity (Wildman–Crippen MR) is 85.3 cm³/mol. The van der Waals surface area contributed by atoms with Gasteiger partial charge in [-0.2, -0.15) is 0 Å². The van der Waals surface area contributed by atoms with Gasteiger partial charge in [0.1, 0.15) is 5.78 Å². The summed E-state index contributed by atoms with van der Waals surface area (Å²) in [6.07, 6.45) is 15.3. The Morgan fingerprint density at radius 2 is 2.14 bits per heavy atom. The molecule has 2 fully saturated rings. The molecule has 2 aliphatic heterocycles. The van der Waals surface area contributed by atoms with Crippen molar-refractivity contribution in [3.05, 3.63) is 35.5 Å². The van der Waals surface area contributed by atoms with E-state index >= 15 is 0 Å². The van der Waals surface area contributed by atoms with Gasteiger partial charge in [0.15, 0.2) is 0 Å². The first-order chi connectivity index (χ1) is 10.5. The normalized spacial score (nSPS) is 51.8. The van der Waals surface area contributed by atoms with Crippen molar-refractivity contribution >= 4 is 5.78 Å². The molecule has 22 heavy (non-hydrogen) atoms. The van der Waals surface area contributed by atoms with E-state index in [2.05, 4.69) is 38.2 Å². The van der Waals surface area contributed by atoms with E-state index in [1.807, 2.05) is 0 Å². The van der Waals surface area contributed by atoms with Gasteiger partial charge in [0.2, 0.25) is 0 Å². The van der Waals surface area contributed by atoms with Gasteiger partial charge in [-0.3, -0.25) is 4.79 Å². The molecule has 5 atom stereocenters. The number of hydrogen-bond acceptors (Lipinski definition) is 2. The van der Waals surface area contributed by atoms with Gasteiger partial charge in [0.05, 0.1) is 11.2 Å². The molecule has 0 aromatic carbocycles. The lowest BCUT2D eigenvalue weighted by Gasteiger charge is -2.51. The monoisotopic (exact) mass is 296 g/mol. The summed E-state index contributed by atoms with van der Waals surface area (Å²) in [6, 6.07) is 0. The summed E-state index contributed by atoms with van der Waals surface area (Å²) in [4.78, 5) is 12.5. The highest BCUT2D eigenvalue weighted by molar-refractivity contribution is 5.88. The first-order valence-corrected chi connectivity index (χ1v) is 8.83. The number of rotatable bonds is 0. The van der Waals surface area contributed by atoms with Crippen molar-refractivity contribution < 1.29 is 9.53 Å². The molecular formula is C20H24O2. The number of ether oxygens (including phenoxy) is 1. The summed E-state index contributed by atoms with van der Waals surface area (Å²) in [6.45, 7) is 4.47. The fourth-order valence-electron chi connectivity index (χ4n) is 6.06. The maximum atomic E-state index is 12.5. The number of fused-ring (bicyclic) bond motifs is 1. The van der Waals surface area contributed by atoms with E-state index in [4.69, 9.17) is 4.74 Å². The van der Waals surface area contributed by atoms with Crippen LogP contribution in [0.3, 0.4) is 0 Å². The van der Waals surface area contributed by atoms with E-state index in [0.717, 1.165) is 38.5 Å². The van der Waals surface area contributed by atoms with Crippen LogP contribution < -0.4 is 0 Å². The van der Waals surface area contributed by atoms with Crippen molar-refractivity contribution in [3.63, 3.8) is 0 Å². The van der Waals surface area contributed by atoms with Gasteiger partial charge in [-0.05, 0) is 49.2 Å². The van der Waals surface area contributed by atoms with E-state index < -0.39 is 0 Å². The highest BCUT2D eigenvalue weighted by Gasteiger charge is 2.66. The standard InChI is InChI=1S/C20H24O2/c1-13-3-4-14-11-15-7-8-18(2)16(5-6-17(18)21)20(15)10-9-19(14,12-13)22-20/h3-4,7,11,13,16H,5-6,8-10,12H2,1-2H3. The fraction of sp³-hybridized carbons (Fsp3) is 0.650. The molecule has 116 valence electrons. The molecule has 2 bridgehead atoms. The van der Waals surface area contributed by atoms with Crippen LogP contribution in [0.4, 0.5) is 0 Å². The third-order valence-electron chi connectivity index (χ3n) is 7.23. The SMILES string of the molecule is CC1C=CC2=CC3=CCC4(C)C(=O)CCC4C34CCC2(C1)O4. The van der Waals surface area contributed by atoms with Crippen LogP contribution in [0.25, 0.3) is 0 Å². The molecule has 2 heterocycles. The number of ketones is 1. The lowest BCUT2D eigenvalue weighted by atomic mass is 9.61. The summed E-state index contributed by atoms with van der Waals surface area (Å²) >= 11 is 0. The van der Waals surface area contributed by atoms with E-state index in [1.54, 1.807) is 0 Å². The van der Waals surface area contributed by atoms with Crippen molar-refractivity contribution in [2.75, 3.05) is 0 Å². The number of hydrogen-bond donors (Lipinski definition) is 0. The summed E-state index contributed by atoms with van der Waals surface area (Å²) in [5.41, 5.74) is 2.31. The van der Waals surface area contributed by atoms with Crippen LogP contribution in [-0.2, 0) is 9.53 Å². The van der Waals surface area contributed by atoms with E-state index in [0.29, 0.717) is 17.6 Å². The Morgan fingerprint density at radius 1 is 1.27 bits per heavy atom. The first kappa shape index (κ1) is 13.3. The minimum atomic E-state index is -0.184. The van der Waals surface area contributed by atoms with Crippen molar-refractivity contribution in [2.24, 2.45) is 17.3 Å². The van der Waals surface area contributed by atoms with E-state index in [-0.39, 0.29) is 16.6 Å². The Morgan fingerprint density at radius 3 is 3.00 bits per heavy atom. The fourth-order valence-corrected chi connectivity index (χ4v) is 6.06. The van der Waals surface area contributed by atoms with Crippen LogP contribution in [0.2, 0.25) is 0 Å². The second-order valence-electron chi connectivity index (χ2n) is 8.42. The molecule has 0 aromatic rings. The van der Waals surface area contributed by atoms with Gasteiger partial charge in [-0.1, -0.05) is 38.2 Å². The van der Waals surface area contributed by atoms with Gasteiger partial charge in [-0.25, -0.2) is 0 Å². The zero-order valence-electron chi connectivity index (χ0n) is 13.5. The zero-order valence-corrected chi connectivity index (χ0v) is 13.5. The quantitative estimate of drug-likeness (QED) is 0.672. The van der Waals surface area contributed by atoms with Gasteiger partial charge in [-0.15, -0.1) is 0 Å². The molecule has 5 aliphatic rings. The molecular weight excluding hydrogens is 272 g/mol. The number of Topliss-reactive ketones (excluding diaryl/α,β-unsaturated/α-hetero) is 1. The minimum Gasteiger partial charge on any atom is -0.359 e. The lowest BCUT2D eigenvalue weighted by Crippen LogP contribution is -2.53. The van der Waals surface area contributed by atoms with Crippen LogP contribution in [0.5, 0.6) is 0 Å². The second-order valence-corrected chi connectivity index (χ2v) is 8.42. The van der Waals surface area contributed by atoms with Gasteiger partial charge in [0.25, 0.3) is 0 Å². The largest absolute Gasteiger partial charge is 0.359 e. The Balaban J connectivity index is 1.69. The Hall–Kier alpha value is -1.15. The smallest absolute Gasteiger partial charge is 0.139 e. The number of allylic oxidation sites excluding steroid dienone is 2. The number of carbonyl (C=O) groups is 1. The molecule has 2 heteroatoms. The molecule has 1 saturated heterocycles. The topological polar surface area (TPSA) is 26.3 Å². The highest BCUT2D eigenvalue weighted by atomic mass is 16.5. The second kappa shape index (κ2) is 3.84. The molecule has 0 radical (unpaired) electrons. The average molecular weight is 296 g/mol. The third kappa shape index (κ3) is 1.34. The molecule has 2 spiro atoms. The summed E-state index contributed by atoms with van der Waals surface area (Å²) in [7, 11) is 0.